The van der Waals surface area contributed by atoms with Crippen LogP contribution in [-0.2, 0) is 4.79 Å². The number of fused-ring (bicyclic) bond motifs is 1. The Balaban J connectivity index is 1.67. The first kappa shape index (κ1) is 19.0. The van der Waals surface area contributed by atoms with Crippen LogP contribution in [0.25, 0.3) is 16.9 Å². The number of benzene rings is 1. The van der Waals surface area contributed by atoms with Gasteiger partial charge in [0.15, 0.2) is 5.65 Å². The van der Waals surface area contributed by atoms with Gasteiger partial charge < -0.3 is 5.32 Å². The highest BCUT2D eigenvalue weighted by Crippen LogP contribution is 2.25. The third-order valence-electron chi connectivity index (χ3n) is 4.59. The molecule has 0 unspecified atom stereocenters. The van der Waals surface area contributed by atoms with E-state index in [9.17, 15) is 9.59 Å². The van der Waals surface area contributed by atoms with Crippen LogP contribution in [0.1, 0.15) is 41.4 Å². The molecule has 4 aromatic rings. The summed E-state index contributed by atoms with van der Waals surface area (Å²) in [5.41, 5.74) is 3.39. The molecule has 4 rings (SSSR count). The lowest BCUT2D eigenvalue weighted by atomic mass is 10.1. The van der Waals surface area contributed by atoms with E-state index in [0.717, 1.165) is 29.8 Å². The largest absolute Gasteiger partial charge is 0.326 e. The second-order valence-electron chi connectivity index (χ2n) is 6.66. The first-order valence-corrected chi connectivity index (χ1v) is 10.4. The van der Waals surface area contributed by atoms with Gasteiger partial charge in [-0.25, -0.2) is 9.50 Å². The summed E-state index contributed by atoms with van der Waals surface area (Å²) in [5.74, 6) is -0.0802. The van der Waals surface area contributed by atoms with E-state index in [4.69, 9.17) is 0 Å². The summed E-state index contributed by atoms with van der Waals surface area (Å²) >= 11 is 1.40. The van der Waals surface area contributed by atoms with Gasteiger partial charge in [-0.15, -0.1) is 11.3 Å². The monoisotopic (exact) mass is 404 g/mol. The first-order chi connectivity index (χ1) is 14.2. The third-order valence-corrected chi connectivity index (χ3v) is 5.46. The van der Waals surface area contributed by atoms with Crippen molar-refractivity contribution in [3.05, 3.63) is 70.7 Å². The number of unbranched alkanes of at least 4 members (excludes halogenated alkanes) is 1. The Bertz CT molecular complexity index is 1160. The Kier molecular flexibility index (Phi) is 5.48. The van der Waals surface area contributed by atoms with Crippen LogP contribution in [0.4, 0.5) is 5.69 Å². The fourth-order valence-corrected chi connectivity index (χ4v) is 3.81. The van der Waals surface area contributed by atoms with Crippen molar-refractivity contribution < 1.29 is 9.59 Å². The minimum absolute atomic E-state index is 0.00629. The molecular formula is C22H20N4O2S. The van der Waals surface area contributed by atoms with Crippen molar-refractivity contribution in [1.29, 1.82) is 0 Å². The smallest absolute Gasteiger partial charge is 0.224 e. The van der Waals surface area contributed by atoms with Crippen LogP contribution < -0.4 is 5.32 Å². The summed E-state index contributed by atoms with van der Waals surface area (Å²) < 4.78 is 1.67. The molecule has 1 N–H and O–H groups in total. The molecule has 29 heavy (non-hydrogen) atoms. The molecule has 0 aliphatic carbocycles. The zero-order valence-corrected chi connectivity index (χ0v) is 16.8. The van der Waals surface area contributed by atoms with Gasteiger partial charge in [-0.1, -0.05) is 31.5 Å². The summed E-state index contributed by atoms with van der Waals surface area (Å²) in [6.45, 7) is 2.06. The number of thiophene rings is 1. The lowest BCUT2D eigenvalue weighted by molar-refractivity contribution is -0.116. The number of nitrogens with zero attached hydrogens (tertiary/aromatic N) is 3. The topological polar surface area (TPSA) is 76.4 Å². The molecule has 1 amide bonds. The van der Waals surface area contributed by atoms with E-state index in [1.807, 2.05) is 41.8 Å². The van der Waals surface area contributed by atoms with Crippen LogP contribution in [0, 0.1) is 0 Å². The van der Waals surface area contributed by atoms with Crippen LogP contribution in [0.15, 0.2) is 60.2 Å². The minimum Gasteiger partial charge on any atom is -0.326 e. The number of rotatable bonds is 7. The molecule has 0 radical (unpaired) electrons. The summed E-state index contributed by atoms with van der Waals surface area (Å²) in [7, 11) is 0. The van der Waals surface area contributed by atoms with Crippen LogP contribution >= 0.6 is 11.3 Å². The second-order valence-corrected chi connectivity index (χ2v) is 7.61. The van der Waals surface area contributed by atoms with E-state index in [1.165, 1.54) is 11.3 Å². The van der Waals surface area contributed by atoms with Crippen molar-refractivity contribution in [3.63, 3.8) is 0 Å². The quantitative estimate of drug-likeness (QED) is 0.448. The summed E-state index contributed by atoms with van der Waals surface area (Å²) in [6.07, 6.45) is 5.58. The zero-order valence-electron chi connectivity index (χ0n) is 16.0. The lowest BCUT2D eigenvalue weighted by Crippen LogP contribution is -2.10. The molecule has 0 aliphatic rings. The van der Waals surface area contributed by atoms with Gasteiger partial charge in [0.25, 0.3) is 0 Å². The highest BCUT2D eigenvalue weighted by Gasteiger charge is 2.18. The number of aromatic nitrogens is 3. The van der Waals surface area contributed by atoms with Crippen molar-refractivity contribution in [1.82, 2.24) is 14.6 Å². The van der Waals surface area contributed by atoms with Gasteiger partial charge in [0.1, 0.15) is 0 Å². The molecule has 3 heterocycles. The molecule has 0 saturated heterocycles. The van der Waals surface area contributed by atoms with Crippen molar-refractivity contribution >= 4 is 34.4 Å². The Hall–Kier alpha value is -3.32. The highest BCUT2D eigenvalue weighted by molar-refractivity contribution is 7.12. The number of carbonyl (C=O) groups excluding carboxylic acids is 2. The lowest BCUT2D eigenvalue weighted by Gasteiger charge is -2.09. The van der Waals surface area contributed by atoms with Crippen molar-refractivity contribution in [2.75, 3.05) is 5.32 Å². The summed E-state index contributed by atoms with van der Waals surface area (Å²) in [6, 6.07) is 13.1. The standard InChI is InChI=1S/C22H20N4O2S/c1-2-3-9-20(27)25-16-7-4-6-15(13-16)18-10-11-23-22-17(14-24-26(18)22)21(28)19-8-5-12-29-19/h4-8,10-14H,2-3,9H2,1H3,(H,25,27). The summed E-state index contributed by atoms with van der Waals surface area (Å²) in [5, 5.41) is 9.22. The first-order valence-electron chi connectivity index (χ1n) is 9.48. The molecule has 3 aromatic heterocycles. The van der Waals surface area contributed by atoms with Crippen molar-refractivity contribution in [2.24, 2.45) is 0 Å². The van der Waals surface area contributed by atoms with Gasteiger partial charge in [-0.3, -0.25) is 9.59 Å². The van der Waals surface area contributed by atoms with Crippen LogP contribution in [-0.4, -0.2) is 26.3 Å². The maximum atomic E-state index is 12.8. The molecule has 1 aromatic carbocycles. The number of hydrogen-bond acceptors (Lipinski definition) is 5. The van der Waals surface area contributed by atoms with E-state index in [2.05, 4.69) is 22.3 Å². The number of anilines is 1. The average Bonchev–Trinajstić information content (AvgIpc) is 3.42. The Morgan fingerprint density at radius 3 is 2.86 bits per heavy atom. The zero-order chi connectivity index (χ0) is 20.2. The minimum atomic E-state index is -0.0865. The van der Waals surface area contributed by atoms with Gasteiger partial charge in [0.2, 0.25) is 11.7 Å². The van der Waals surface area contributed by atoms with E-state index < -0.39 is 0 Å². The Labute approximate surface area is 172 Å². The normalized spacial score (nSPS) is 10.9. The molecular weight excluding hydrogens is 384 g/mol. The van der Waals surface area contributed by atoms with Crippen molar-refractivity contribution in [2.45, 2.75) is 26.2 Å². The van der Waals surface area contributed by atoms with E-state index in [0.29, 0.717) is 22.5 Å². The third kappa shape index (κ3) is 3.95. The van der Waals surface area contributed by atoms with E-state index in [-0.39, 0.29) is 11.7 Å². The molecule has 0 saturated carbocycles. The fourth-order valence-electron chi connectivity index (χ4n) is 3.13. The van der Waals surface area contributed by atoms with Crippen molar-refractivity contribution in [3.8, 4) is 11.3 Å². The van der Waals surface area contributed by atoms with Gasteiger partial charge in [-0.05, 0) is 36.1 Å². The molecule has 0 aliphatic heterocycles. The second kappa shape index (κ2) is 8.36. The van der Waals surface area contributed by atoms with Crippen LogP contribution in [0.2, 0.25) is 0 Å². The molecule has 0 bridgehead atoms. The Morgan fingerprint density at radius 1 is 1.17 bits per heavy atom. The highest BCUT2D eigenvalue weighted by atomic mass is 32.1. The molecule has 0 spiro atoms. The van der Waals surface area contributed by atoms with Gasteiger partial charge in [0.05, 0.1) is 22.3 Å². The number of ketones is 1. The molecule has 0 fully saturated rings. The van der Waals surface area contributed by atoms with E-state index >= 15 is 0 Å². The van der Waals surface area contributed by atoms with E-state index in [1.54, 1.807) is 23.0 Å². The average molecular weight is 404 g/mol. The SMILES string of the molecule is CCCCC(=O)Nc1cccc(-c2ccnc3c(C(=O)c4cccs4)cnn23)c1. The predicted octanol–water partition coefficient (Wildman–Crippen LogP) is 4.82. The maximum absolute atomic E-state index is 12.8. The van der Waals surface area contributed by atoms with Crippen LogP contribution in [0.5, 0.6) is 0 Å². The van der Waals surface area contributed by atoms with Gasteiger partial charge in [0, 0.05) is 23.9 Å². The summed E-state index contributed by atoms with van der Waals surface area (Å²) in [4.78, 5) is 29.8. The van der Waals surface area contributed by atoms with Gasteiger partial charge >= 0.3 is 0 Å². The van der Waals surface area contributed by atoms with Gasteiger partial charge in [-0.2, -0.15) is 5.10 Å². The molecule has 6 nitrogen and oxygen atoms in total. The molecule has 7 heteroatoms. The Morgan fingerprint density at radius 2 is 2.07 bits per heavy atom. The number of carbonyl (C=O) groups is 2. The maximum Gasteiger partial charge on any atom is 0.224 e. The van der Waals surface area contributed by atoms with Crippen LogP contribution in [0.3, 0.4) is 0 Å². The predicted molar refractivity (Wildman–Crippen MR) is 114 cm³/mol. The number of amides is 1. The molecule has 0 atom stereocenters. The number of nitrogens with one attached hydrogen (secondary N) is 1. The fraction of sp³-hybridized carbons (Fsp3) is 0.182. The molecule has 146 valence electrons. The number of hydrogen-bond donors (Lipinski definition) is 1.